The maximum Gasteiger partial charge on any atom is 0.119 e. The first-order valence-electron chi connectivity index (χ1n) is 4.49. The molecule has 1 aliphatic carbocycles. The van der Waals surface area contributed by atoms with Crippen LogP contribution >= 0.6 is 0 Å². The largest absolute Gasteiger partial charge is 0.416 e. The summed E-state index contributed by atoms with van der Waals surface area (Å²) in [6, 6.07) is 0. The number of allylic oxidation sites excluding steroid dienone is 2. The fourth-order valence-electron chi connectivity index (χ4n) is 1.45. The van der Waals surface area contributed by atoms with E-state index in [2.05, 4.69) is 6.08 Å². The molecule has 0 aromatic heterocycles. The molecule has 0 heterocycles. The van der Waals surface area contributed by atoms with Crippen LogP contribution in [0.25, 0.3) is 0 Å². The Balaban J connectivity index is 2.34. The smallest absolute Gasteiger partial charge is 0.119 e. The van der Waals surface area contributed by atoms with Gasteiger partial charge in [-0.2, -0.15) is 5.90 Å². The first kappa shape index (κ1) is 8.60. The number of nitrogens with two attached hydrogens (primary N) is 1. The molecule has 11 heavy (non-hydrogen) atoms. The molecule has 0 spiro atoms. The molecule has 0 saturated carbocycles. The molecule has 0 amide bonds. The van der Waals surface area contributed by atoms with E-state index in [-0.39, 0.29) is 0 Å². The minimum absolute atomic E-state index is 0.979. The maximum atomic E-state index is 5.11. The van der Waals surface area contributed by atoms with Crippen molar-refractivity contribution in [2.24, 2.45) is 5.90 Å². The molecule has 2 N–H and O–H groups in total. The molecule has 64 valence electrons. The van der Waals surface area contributed by atoms with Crippen molar-refractivity contribution < 1.29 is 4.84 Å². The molecule has 0 bridgehead atoms. The van der Waals surface area contributed by atoms with Crippen LogP contribution in [0.3, 0.4) is 0 Å². The third-order valence-corrected chi connectivity index (χ3v) is 2.15. The highest BCUT2D eigenvalue weighted by Gasteiger charge is 2.00. The van der Waals surface area contributed by atoms with Crippen LogP contribution in [0, 0.1) is 0 Å². The van der Waals surface area contributed by atoms with Gasteiger partial charge in [0.05, 0.1) is 0 Å². The second kappa shape index (κ2) is 5.19. The minimum Gasteiger partial charge on any atom is -0.416 e. The number of hydrogen-bond acceptors (Lipinski definition) is 2. The lowest BCUT2D eigenvalue weighted by Gasteiger charge is -2.02. The van der Waals surface area contributed by atoms with E-state index in [4.69, 9.17) is 10.7 Å². The van der Waals surface area contributed by atoms with Gasteiger partial charge in [-0.3, -0.25) is 0 Å². The average Bonchev–Trinajstić information content (AvgIpc) is 2.16. The summed E-state index contributed by atoms with van der Waals surface area (Å²) < 4.78 is 0. The highest BCUT2D eigenvalue weighted by molar-refractivity contribution is 4.92. The average molecular weight is 155 g/mol. The summed E-state index contributed by atoms with van der Waals surface area (Å²) in [4.78, 5) is 4.74. The normalized spacial score (nSPS) is 21.0. The standard InChI is InChI=1S/C9H17NO/c10-11-9-7-5-3-1-2-4-6-8-9/h7H,1-6,8,10H2. The van der Waals surface area contributed by atoms with Crippen molar-refractivity contribution in [2.45, 2.75) is 44.9 Å². The summed E-state index contributed by atoms with van der Waals surface area (Å²) >= 11 is 0. The van der Waals surface area contributed by atoms with Crippen LogP contribution in [-0.4, -0.2) is 0 Å². The maximum absolute atomic E-state index is 5.11. The van der Waals surface area contributed by atoms with Gasteiger partial charge >= 0.3 is 0 Å². The number of hydrogen-bond donors (Lipinski definition) is 1. The zero-order chi connectivity index (χ0) is 7.94. The summed E-state index contributed by atoms with van der Waals surface area (Å²) in [5, 5.41) is 0. The second-order valence-electron chi connectivity index (χ2n) is 3.09. The van der Waals surface area contributed by atoms with Gasteiger partial charge in [0.15, 0.2) is 0 Å². The summed E-state index contributed by atoms with van der Waals surface area (Å²) in [5.41, 5.74) is 0. The topological polar surface area (TPSA) is 35.2 Å². The van der Waals surface area contributed by atoms with Gasteiger partial charge in [-0.05, 0) is 25.3 Å². The van der Waals surface area contributed by atoms with Crippen molar-refractivity contribution in [3.8, 4) is 0 Å². The van der Waals surface area contributed by atoms with Gasteiger partial charge in [-0.25, -0.2) is 0 Å². The van der Waals surface area contributed by atoms with E-state index in [1.54, 1.807) is 0 Å². The molecular formula is C9H17NO. The van der Waals surface area contributed by atoms with Crippen molar-refractivity contribution in [3.05, 3.63) is 11.8 Å². The second-order valence-corrected chi connectivity index (χ2v) is 3.09. The quantitative estimate of drug-likeness (QED) is 0.590. The first-order chi connectivity index (χ1) is 5.43. The lowest BCUT2D eigenvalue weighted by atomic mass is 10.1. The van der Waals surface area contributed by atoms with Gasteiger partial charge in [-0.1, -0.05) is 19.3 Å². The zero-order valence-corrected chi connectivity index (χ0v) is 7.01. The zero-order valence-electron chi connectivity index (χ0n) is 7.01. The highest BCUT2D eigenvalue weighted by atomic mass is 16.6. The molecule has 0 atom stereocenters. The highest BCUT2D eigenvalue weighted by Crippen LogP contribution is 2.16. The third-order valence-electron chi connectivity index (χ3n) is 2.15. The van der Waals surface area contributed by atoms with E-state index in [1.807, 2.05) is 0 Å². The Morgan fingerprint density at radius 1 is 1.09 bits per heavy atom. The summed E-state index contributed by atoms with van der Waals surface area (Å²) in [6.07, 6.45) is 10.8. The van der Waals surface area contributed by atoms with Crippen LogP contribution < -0.4 is 5.90 Å². The van der Waals surface area contributed by atoms with Gasteiger partial charge < -0.3 is 4.84 Å². The Bertz CT molecular complexity index is 132. The summed E-state index contributed by atoms with van der Waals surface area (Å²) in [6.45, 7) is 0. The van der Waals surface area contributed by atoms with Crippen molar-refractivity contribution in [1.29, 1.82) is 0 Å². The molecule has 1 aliphatic rings. The molecule has 0 fully saturated rings. The van der Waals surface area contributed by atoms with Gasteiger partial charge in [0.25, 0.3) is 0 Å². The van der Waals surface area contributed by atoms with Crippen LogP contribution in [0.2, 0.25) is 0 Å². The van der Waals surface area contributed by atoms with Crippen molar-refractivity contribution in [1.82, 2.24) is 0 Å². The minimum atomic E-state index is 0.979. The van der Waals surface area contributed by atoms with Crippen molar-refractivity contribution >= 4 is 0 Å². The lowest BCUT2D eigenvalue weighted by Crippen LogP contribution is -1.98. The van der Waals surface area contributed by atoms with E-state index in [0.717, 1.165) is 18.6 Å². The molecule has 0 aromatic carbocycles. The van der Waals surface area contributed by atoms with Gasteiger partial charge in [0.2, 0.25) is 0 Å². The fraction of sp³-hybridized carbons (Fsp3) is 0.778. The van der Waals surface area contributed by atoms with Gasteiger partial charge in [-0.15, -0.1) is 0 Å². The SMILES string of the molecule is NOC1=CCCCCCCC1. The van der Waals surface area contributed by atoms with Crippen molar-refractivity contribution in [3.63, 3.8) is 0 Å². The van der Waals surface area contributed by atoms with Crippen LogP contribution in [-0.2, 0) is 4.84 Å². The number of rotatable bonds is 1. The molecule has 2 nitrogen and oxygen atoms in total. The van der Waals surface area contributed by atoms with E-state index in [1.165, 1.54) is 32.1 Å². The van der Waals surface area contributed by atoms with E-state index >= 15 is 0 Å². The molecule has 0 radical (unpaired) electrons. The Hall–Kier alpha value is -0.500. The molecule has 0 saturated heterocycles. The van der Waals surface area contributed by atoms with Crippen LogP contribution in [0.1, 0.15) is 44.9 Å². The van der Waals surface area contributed by atoms with Crippen LogP contribution in [0.15, 0.2) is 11.8 Å². The summed E-state index contributed by atoms with van der Waals surface area (Å²) in [7, 11) is 0. The molecule has 2 heteroatoms. The van der Waals surface area contributed by atoms with Gasteiger partial charge in [0, 0.05) is 6.42 Å². The van der Waals surface area contributed by atoms with Crippen LogP contribution in [0.5, 0.6) is 0 Å². The van der Waals surface area contributed by atoms with Crippen LogP contribution in [0.4, 0.5) is 0 Å². The molecule has 0 aromatic rings. The predicted molar refractivity (Wildman–Crippen MR) is 45.7 cm³/mol. The Kier molecular flexibility index (Phi) is 4.06. The molecular weight excluding hydrogens is 138 g/mol. The first-order valence-corrected chi connectivity index (χ1v) is 4.49. The predicted octanol–water partition coefficient (Wildman–Crippen LogP) is 2.50. The Morgan fingerprint density at radius 3 is 2.64 bits per heavy atom. The monoisotopic (exact) mass is 155 g/mol. The third kappa shape index (κ3) is 3.42. The summed E-state index contributed by atoms with van der Waals surface area (Å²) in [5.74, 6) is 6.09. The van der Waals surface area contributed by atoms with E-state index in [0.29, 0.717) is 0 Å². The van der Waals surface area contributed by atoms with Gasteiger partial charge in [0.1, 0.15) is 5.76 Å². The van der Waals surface area contributed by atoms with E-state index in [9.17, 15) is 0 Å². The van der Waals surface area contributed by atoms with E-state index < -0.39 is 0 Å². The molecule has 1 rings (SSSR count). The fourth-order valence-corrected chi connectivity index (χ4v) is 1.45. The van der Waals surface area contributed by atoms with Crippen molar-refractivity contribution in [2.75, 3.05) is 0 Å². The molecule has 0 unspecified atom stereocenters. The molecule has 0 aliphatic heterocycles. The lowest BCUT2D eigenvalue weighted by molar-refractivity contribution is 0.207. The Labute approximate surface area is 68.4 Å². The Morgan fingerprint density at radius 2 is 1.82 bits per heavy atom.